The number of nitrogens with one attached hydrogen (secondary N) is 1. The monoisotopic (exact) mass is 709 g/mol. The number of rotatable bonds is 16. The lowest BCUT2D eigenvalue weighted by Crippen LogP contribution is -2.74. The van der Waals surface area contributed by atoms with Crippen LogP contribution in [-0.2, 0) is 13.1 Å². The largest absolute Gasteiger partial charge is 0.496 e. The molecule has 2 aromatic rings. The summed E-state index contributed by atoms with van der Waals surface area (Å²) < 4.78 is 237. The molecule has 3 nitrogen and oxygen atoms in total. The van der Waals surface area contributed by atoms with E-state index >= 15 is 0 Å². The molecule has 1 aromatic heterocycles. The van der Waals surface area contributed by atoms with Gasteiger partial charge < -0.3 is 14.8 Å². The van der Waals surface area contributed by atoms with Crippen LogP contribution in [0.3, 0.4) is 0 Å². The van der Waals surface area contributed by atoms with E-state index in [9.17, 15) is 74.6 Å². The predicted octanol–water partition coefficient (Wildman–Crippen LogP) is 9.21. The van der Waals surface area contributed by atoms with Crippen LogP contribution < -0.4 is 14.8 Å². The van der Waals surface area contributed by atoms with Crippen molar-refractivity contribution in [2.24, 2.45) is 0 Å². The van der Waals surface area contributed by atoms with Crippen LogP contribution in [-0.4, -0.2) is 61.4 Å². The summed E-state index contributed by atoms with van der Waals surface area (Å²) in [5, 5.41) is 4.92. The van der Waals surface area contributed by atoms with E-state index in [1.165, 1.54) is 36.6 Å². The summed E-state index contributed by atoms with van der Waals surface area (Å²) in [6, 6.07) is 7.50. The van der Waals surface area contributed by atoms with Crippen molar-refractivity contribution in [3.8, 4) is 11.5 Å². The summed E-state index contributed by atoms with van der Waals surface area (Å²) >= 11 is 1.47. The highest BCUT2D eigenvalue weighted by Gasteiger charge is 2.95. The fraction of sp³-hybridized carbons (Fsp3) is 0.583. The van der Waals surface area contributed by atoms with Gasteiger partial charge in [-0.2, -0.15) is 74.6 Å². The van der Waals surface area contributed by atoms with Crippen LogP contribution in [0, 0.1) is 0 Å². The van der Waals surface area contributed by atoms with Gasteiger partial charge in [0.25, 0.3) is 0 Å². The molecule has 0 saturated heterocycles. The number of ether oxygens (including phenoxy) is 2. The minimum absolute atomic E-state index is 0.166. The molecule has 0 amide bonds. The van der Waals surface area contributed by atoms with Gasteiger partial charge in [-0.25, -0.2) is 0 Å². The molecule has 0 bridgehead atoms. The molecule has 21 heteroatoms. The van der Waals surface area contributed by atoms with Crippen molar-refractivity contribution in [2.75, 3.05) is 13.7 Å². The minimum Gasteiger partial charge on any atom is -0.496 e. The van der Waals surface area contributed by atoms with Crippen molar-refractivity contribution in [2.45, 2.75) is 73.6 Å². The standard InChI is InChI=1S/C24H20F17NO2S/c1-43-16-10-14(6-5-13(16)11-42-12-15-4-2-9-45-15)44-8-3-7-17(25,26)18(27,28)19(29,30)20(31,32)21(33,34)22(35,36)23(37,38)24(39,40)41/h2,4-6,9-10,42H,3,7-8,11-12H2,1H3. The Morgan fingerprint density at radius 3 is 1.69 bits per heavy atom. The van der Waals surface area contributed by atoms with Crippen molar-refractivity contribution < 1.29 is 84.1 Å². The Morgan fingerprint density at radius 1 is 0.667 bits per heavy atom. The van der Waals surface area contributed by atoms with Crippen molar-refractivity contribution in [1.82, 2.24) is 5.32 Å². The zero-order chi connectivity index (χ0) is 34.9. The molecule has 0 radical (unpaired) electrons. The SMILES string of the molecule is COc1cc(OCCCC(F)(F)C(F)(F)C(F)(F)C(F)(F)C(F)(F)C(F)(F)C(F)(F)C(F)(F)F)ccc1CNCc1cccs1. The van der Waals surface area contributed by atoms with Crippen LogP contribution in [0.15, 0.2) is 35.7 Å². The number of alkyl halides is 17. The Hall–Kier alpha value is -2.71. The van der Waals surface area contributed by atoms with Crippen molar-refractivity contribution in [3.63, 3.8) is 0 Å². The molecule has 0 aliphatic heterocycles. The molecule has 1 N–H and O–H groups in total. The van der Waals surface area contributed by atoms with E-state index < -0.39 is 67.1 Å². The van der Waals surface area contributed by atoms with E-state index in [0.717, 1.165) is 4.88 Å². The van der Waals surface area contributed by atoms with Gasteiger partial charge in [-0.05, 0) is 23.9 Å². The highest BCUT2D eigenvalue weighted by molar-refractivity contribution is 7.09. The highest BCUT2D eigenvalue weighted by Crippen LogP contribution is 2.64. The Bertz CT molecular complexity index is 1260. The van der Waals surface area contributed by atoms with E-state index in [1.54, 1.807) is 0 Å². The zero-order valence-corrected chi connectivity index (χ0v) is 23.0. The van der Waals surface area contributed by atoms with Gasteiger partial charge in [0.2, 0.25) is 0 Å². The first-order chi connectivity index (χ1) is 20.2. The van der Waals surface area contributed by atoms with Gasteiger partial charge in [-0.3, -0.25) is 0 Å². The van der Waals surface area contributed by atoms with E-state index in [2.05, 4.69) is 5.32 Å². The fourth-order valence-electron chi connectivity index (χ4n) is 3.53. The quantitative estimate of drug-likeness (QED) is 0.139. The average molecular weight is 709 g/mol. The zero-order valence-electron chi connectivity index (χ0n) is 22.1. The van der Waals surface area contributed by atoms with Crippen LogP contribution in [0.5, 0.6) is 11.5 Å². The molecule has 45 heavy (non-hydrogen) atoms. The Kier molecular flexibility index (Phi) is 11.0. The number of benzene rings is 1. The Labute approximate surface area is 246 Å². The number of hydrogen-bond acceptors (Lipinski definition) is 4. The van der Waals surface area contributed by atoms with E-state index in [0.29, 0.717) is 12.1 Å². The molecule has 0 spiro atoms. The van der Waals surface area contributed by atoms with Gasteiger partial charge in [0.05, 0.1) is 13.7 Å². The normalized spacial score (nSPS) is 14.5. The third-order valence-corrected chi connectivity index (χ3v) is 7.02. The van der Waals surface area contributed by atoms with E-state index in [-0.39, 0.29) is 18.0 Å². The predicted molar refractivity (Wildman–Crippen MR) is 123 cm³/mol. The molecule has 0 saturated carbocycles. The lowest BCUT2D eigenvalue weighted by Gasteiger charge is -2.42. The van der Waals surface area contributed by atoms with Crippen LogP contribution in [0.1, 0.15) is 23.3 Å². The van der Waals surface area contributed by atoms with Gasteiger partial charge >= 0.3 is 47.6 Å². The van der Waals surface area contributed by atoms with Crippen LogP contribution in [0.4, 0.5) is 74.6 Å². The molecular weight excluding hydrogens is 689 g/mol. The number of methoxy groups -OCH3 is 1. The van der Waals surface area contributed by atoms with Crippen molar-refractivity contribution in [1.29, 1.82) is 0 Å². The summed E-state index contributed by atoms with van der Waals surface area (Å²) in [6.07, 6.45) is -11.8. The maximum atomic E-state index is 14.0. The molecule has 2 rings (SSSR count). The lowest BCUT2D eigenvalue weighted by molar-refractivity contribution is -0.461. The molecular formula is C24H20F17NO2S. The van der Waals surface area contributed by atoms with Crippen LogP contribution in [0.2, 0.25) is 0 Å². The fourth-order valence-corrected chi connectivity index (χ4v) is 4.21. The summed E-state index contributed by atoms with van der Waals surface area (Å²) in [4.78, 5) is 0.993. The van der Waals surface area contributed by atoms with Gasteiger partial charge in [0, 0.05) is 36.0 Å². The van der Waals surface area contributed by atoms with E-state index in [4.69, 9.17) is 9.47 Å². The maximum Gasteiger partial charge on any atom is 0.460 e. The molecule has 258 valence electrons. The van der Waals surface area contributed by atoms with Gasteiger partial charge in [-0.15, -0.1) is 11.3 Å². The summed E-state index contributed by atoms with van der Waals surface area (Å²) in [5.41, 5.74) is 0.547. The van der Waals surface area contributed by atoms with Gasteiger partial charge in [-0.1, -0.05) is 12.1 Å². The van der Waals surface area contributed by atoms with Crippen molar-refractivity contribution in [3.05, 3.63) is 46.2 Å². The summed E-state index contributed by atoms with van der Waals surface area (Å²) in [6.45, 7) is -0.317. The van der Waals surface area contributed by atoms with Gasteiger partial charge in [0.15, 0.2) is 0 Å². The van der Waals surface area contributed by atoms with Crippen LogP contribution >= 0.6 is 11.3 Å². The number of thiophene rings is 1. The summed E-state index contributed by atoms with van der Waals surface area (Å²) in [5.74, 6) is -56.4. The second-order valence-corrected chi connectivity index (χ2v) is 10.3. The number of hydrogen-bond donors (Lipinski definition) is 1. The first kappa shape index (κ1) is 38.5. The second kappa shape index (κ2) is 12.8. The first-order valence-corrected chi connectivity index (χ1v) is 12.8. The van der Waals surface area contributed by atoms with Crippen molar-refractivity contribution >= 4 is 11.3 Å². The smallest absolute Gasteiger partial charge is 0.460 e. The molecule has 1 aromatic carbocycles. The lowest BCUT2D eigenvalue weighted by atomic mass is 9.88. The Balaban J connectivity index is 2.14. The third-order valence-electron chi connectivity index (χ3n) is 6.14. The molecule has 0 aliphatic rings. The molecule has 0 aliphatic carbocycles. The molecule has 1 heterocycles. The van der Waals surface area contributed by atoms with E-state index in [1.807, 2.05) is 17.5 Å². The molecule has 0 atom stereocenters. The molecule has 0 unspecified atom stereocenters. The minimum atomic E-state index is -8.64. The first-order valence-electron chi connectivity index (χ1n) is 12.0. The van der Waals surface area contributed by atoms with Crippen LogP contribution in [0.25, 0.3) is 0 Å². The van der Waals surface area contributed by atoms with Gasteiger partial charge in [0.1, 0.15) is 11.5 Å². The molecule has 0 fully saturated rings. The Morgan fingerprint density at radius 2 is 1.20 bits per heavy atom. The highest BCUT2D eigenvalue weighted by atomic mass is 32.1. The average Bonchev–Trinajstić information content (AvgIpc) is 3.44. The third kappa shape index (κ3) is 6.87. The topological polar surface area (TPSA) is 30.5 Å². The maximum absolute atomic E-state index is 14.0. The summed E-state index contributed by atoms with van der Waals surface area (Å²) in [7, 11) is 1.23. The second-order valence-electron chi connectivity index (χ2n) is 9.26. The number of halogens is 17.